The summed E-state index contributed by atoms with van der Waals surface area (Å²) in [5, 5.41) is 10.4. The second kappa shape index (κ2) is 4.01. The molecular weight excluding hydrogens is 252 g/mol. The third-order valence-corrected chi connectivity index (χ3v) is 5.49. The number of benzene rings is 1. The summed E-state index contributed by atoms with van der Waals surface area (Å²) < 4.78 is 11.5. The molecule has 20 heavy (non-hydrogen) atoms. The van der Waals surface area contributed by atoms with Gasteiger partial charge in [0.2, 0.25) is 0 Å². The summed E-state index contributed by atoms with van der Waals surface area (Å²) in [5.74, 6) is 2.26. The Labute approximate surface area is 119 Å². The fraction of sp³-hybridized carbons (Fsp3) is 0.529. The van der Waals surface area contributed by atoms with Crippen LogP contribution in [-0.4, -0.2) is 24.4 Å². The molecule has 0 spiro atoms. The summed E-state index contributed by atoms with van der Waals surface area (Å²) in [4.78, 5) is 0. The van der Waals surface area contributed by atoms with E-state index in [4.69, 9.17) is 9.47 Å². The number of hydrogen-bond donors (Lipinski definition) is 1. The normalized spacial score (nSPS) is 37.0. The highest BCUT2D eigenvalue weighted by Gasteiger charge is 2.59. The van der Waals surface area contributed by atoms with Gasteiger partial charge in [-0.3, -0.25) is 0 Å². The molecule has 1 aliphatic heterocycles. The molecule has 0 radical (unpaired) electrons. The highest BCUT2D eigenvalue weighted by molar-refractivity contribution is 5.59. The summed E-state index contributed by atoms with van der Waals surface area (Å²) >= 11 is 0. The predicted octanol–water partition coefficient (Wildman–Crippen LogP) is 2.60. The molecule has 3 aliphatic rings. The molecule has 1 aromatic rings. The average molecular weight is 272 g/mol. The minimum absolute atomic E-state index is 0.181. The molecule has 3 heteroatoms. The minimum Gasteiger partial charge on any atom is -0.497 e. The molecule has 3 nitrogen and oxygen atoms in total. The monoisotopic (exact) mass is 272 g/mol. The molecule has 1 aromatic carbocycles. The van der Waals surface area contributed by atoms with Crippen molar-refractivity contribution in [2.45, 2.75) is 43.3 Å². The zero-order valence-corrected chi connectivity index (χ0v) is 11.8. The second-order valence-electron chi connectivity index (χ2n) is 6.22. The third-order valence-electron chi connectivity index (χ3n) is 5.49. The van der Waals surface area contributed by atoms with Gasteiger partial charge in [-0.2, -0.15) is 0 Å². The Balaban J connectivity index is 1.98. The smallest absolute Gasteiger partial charge is 0.138 e. The van der Waals surface area contributed by atoms with Crippen LogP contribution in [-0.2, 0) is 11.8 Å². The molecule has 0 amide bonds. The van der Waals surface area contributed by atoms with E-state index in [0.29, 0.717) is 5.92 Å². The van der Waals surface area contributed by atoms with E-state index >= 15 is 0 Å². The summed E-state index contributed by atoms with van der Waals surface area (Å²) in [7, 11) is 1.68. The van der Waals surface area contributed by atoms with Crippen LogP contribution in [0.25, 0.3) is 0 Å². The van der Waals surface area contributed by atoms with Gasteiger partial charge in [0.15, 0.2) is 0 Å². The van der Waals surface area contributed by atoms with Gasteiger partial charge < -0.3 is 14.6 Å². The van der Waals surface area contributed by atoms with Crippen LogP contribution < -0.4 is 9.47 Å². The van der Waals surface area contributed by atoms with E-state index in [1.54, 1.807) is 7.11 Å². The molecule has 1 saturated carbocycles. The molecular formula is C17H20O3. The van der Waals surface area contributed by atoms with Gasteiger partial charge in [-0.05, 0) is 43.2 Å². The van der Waals surface area contributed by atoms with Crippen LogP contribution in [0.1, 0.15) is 30.4 Å². The predicted molar refractivity (Wildman–Crippen MR) is 76.3 cm³/mol. The van der Waals surface area contributed by atoms with Crippen LogP contribution in [0.3, 0.4) is 0 Å². The molecule has 106 valence electrons. The van der Waals surface area contributed by atoms with Crippen molar-refractivity contribution in [3.8, 4) is 11.5 Å². The summed E-state index contributed by atoms with van der Waals surface area (Å²) in [6.07, 6.45) is 5.52. The average Bonchev–Trinajstić information content (AvgIpc) is 2.83. The number of hydrogen-bond acceptors (Lipinski definition) is 3. The van der Waals surface area contributed by atoms with E-state index in [1.807, 2.05) is 12.1 Å². The van der Waals surface area contributed by atoms with Crippen LogP contribution in [0.4, 0.5) is 0 Å². The van der Waals surface area contributed by atoms with Gasteiger partial charge >= 0.3 is 0 Å². The van der Waals surface area contributed by atoms with Crippen LogP contribution in [0.5, 0.6) is 11.5 Å². The van der Waals surface area contributed by atoms with Crippen molar-refractivity contribution in [1.82, 2.24) is 0 Å². The Morgan fingerprint density at radius 3 is 3.00 bits per heavy atom. The molecule has 0 saturated heterocycles. The lowest BCUT2D eigenvalue weighted by Gasteiger charge is -2.47. The van der Waals surface area contributed by atoms with Crippen LogP contribution in [0.2, 0.25) is 0 Å². The molecule has 2 aliphatic carbocycles. The van der Waals surface area contributed by atoms with Gasteiger partial charge in [0.25, 0.3) is 0 Å². The molecule has 1 fully saturated rings. The molecule has 0 bridgehead atoms. The van der Waals surface area contributed by atoms with Crippen molar-refractivity contribution in [3.63, 3.8) is 0 Å². The molecule has 4 rings (SSSR count). The first-order valence-electron chi connectivity index (χ1n) is 7.40. The molecule has 4 atom stereocenters. The molecule has 0 aromatic heterocycles. The molecule has 1 N–H and O–H groups in total. The van der Waals surface area contributed by atoms with Crippen molar-refractivity contribution in [3.05, 3.63) is 35.9 Å². The van der Waals surface area contributed by atoms with Crippen LogP contribution >= 0.6 is 0 Å². The number of aliphatic hydroxyl groups excluding tert-OH is 1. The van der Waals surface area contributed by atoms with Gasteiger partial charge in [-0.1, -0.05) is 6.08 Å². The van der Waals surface area contributed by atoms with Gasteiger partial charge in [-0.25, -0.2) is 0 Å². The first kappa shape index (κ1) is 12.3. The lowest BCUT2D eigenvalue weighted by molar-refractivity contribution is -0.0381. The number of ether oxygens (including phenoxy) is 2. The van der Waals surface area contributed by atoms with E-state index in [1.165, 1.54) is 11.1 Å². The van der Waals surface area contributed by atoms with Crippen molar-refractivity contribution in [1.29, 1.82) is 0 Å². The zero-order chi connectivity index (χ0) is 13.9. The topological polar surface area (TPSA) is 38.7 Å². The van der Waals surface area contributed by atoms with E-state index in [9.17, 15) is 5.11 Å². The number of rotatable bonds is 2. The molecule has 1 heterocycles. The SMILES string of the molecule is C=C[C@@]12c3c4cc(OC)cc3O[C@H]1[C@@H](O)CC[C@@H]2CC4. The van der Waals surface area contributed by atoms with Crippen molar-refractivity contribution >= 4 is 0 Å². The summed E-state index contributed by atoms with van der Waals surface area (Å²) in [6, 6.07) is 4.07. The summed E-state index contributed by atoms with van der Waals surface area (Å²) in [5.41, 5.74) is 2.35. The largest absolute Gasteiger partial charge is 0.497 e. The van der Waals surface area contributed by atoms with Gasteiger partial charge in [-0.15, -0.1) is 6.58 Å². The Kier molecular flexibility index (Phi) is 2.46. The second-order valence-corrected chi connectivity index (χ2v) is 6.22. The Morgan fingerprint density at radius 2 is 2.25 bits per heavy atom. The Hall–Kier alpha value is -1.48. The fourth-order valence-electron chi connectivity index (χ4n) is 4.61. The van der Waals surface area contributed by atoms with Gasteiger partial charge in [0.05, 0.1) is 18.6 Å². The highest BCUT2D eigenvalue weighted by Crippen LogP contribution is 2.59. The standard InChI is InChI=1S/C17H20O3/c1-3-17-11-5-4-10-8-12(19-2)9-14(15(10)17)20-16(17)13(18)7-6-11/h3,8-9,11,13,16,18H,1,4-7H2,2H3/t11-,13-,16-,17+/m0/s1. The van der Waals surface area contributed by atoms with E-state index < -0.39 is 6.10 Å². The minimum atomic E-state index is -0.409. The number of aliphatic hydroxyl groups is 1. The fourth-order valence-corrected chi connectivity index (χ4v) is 4.61. The van der Waals surface area contributed by atoms with Crippen molar-refractivity contribution in [2.75, 3.05) is 7.11 Å². The van der Waals surface area contributed by atoms with Crippen LogP contribution in [0, 0.1) is 5.92 Å². The summed E-state index contributed by atoms with van der Waals surface area (Å²) in [6.45, 7) is 4.10. The van der Waals surface area contributed by atoms with Crippen molar-refractivity contribution in [2.24, 2.45) is 5.92 Å². The number of aryl methyl sites for hydroxylation is 1. The Bertz CT molecular complexity index is 580. The first-order chi connectivity index (χ1) is 9.70. The van der Waals surface area contributed by atoms with Crippen molar-refractivity contribution < 1.29 is 14.6 Å². The Morgan fingerprint density at radius 1 is 1.40 bits per heavy atom. The maximum atomic E-state index is 10.4. The van der Waals surface area contributed by atoms with Gasteiger partial charge in [0.1, 0.15) is 17.6 Å². The van der Waals surface area contributed by atoms with E-state index in [-0.39, 0.29) is 11.5 Å². The first-order valence-corrected chi connectivity index (χ1v) is 7.40. The third kappa shape index (κ3) is 1.29. The van der Waals surface area contributed by atoms with E-state index in [2.05, 4.69) is 12.6 Å². The van der Waals surface area contributed by atoms with Crippen LogP contribution in [0.15, 0.2) is 24.8 Å². The lowest BCUT2D eigenvalue weighted by atomic mass is 9.56. The number of methoxy groups -OCH3 is 1. The molecule has 0 unspecified atom stereocenters. The quantitative estimate of drug-likeness (QED) is 0.841. The van der Waals surface area contributed by atoms with Gasteiger partial charge in [0, 0.05) is 11.6 Å². The maximum Gasteiger partial charge on any atom is 0.138 e. The highest BCUT2D eigenvalue weighted by atomic mass is 16.5. The maximum absolute atomic E-state index is 10.4. The zero-order valence-electron chi connectivity index (χ0n) is 11.8. The lowest BCUT2D eigenvalue weighted by Crippen LogP contribution is -2.54. The van der Waals surface area contributed by atoms with E-state index in [0.717, 1.165) is 37.2 Å².